The zero-order valence-electron chi connectivity index (χ0n) is 17.4. The Labute approximate surface area is 198 Å². The standard InChI is InChI=1S/C20H18Cl3N7O2/c1-10-17(23)11(2)30(26-10)8-14-12(3)32-28-18(14)19(31)25-20-24-9-29(27-20)7-13-4-5-15(21)16(22)6-13/h4-6,9H,7-8H2,1-3H3,(H,25,27,31). The molecule has 166 valence electrons. The van der Waals surface area contributed by atoms with Gasteiger partial charge in [0.15, 0.2) is 5.69 Å². The first kappa shape index (κ1) is 22.3. The molecule has 0 saturated heterocycles. The van der Waals surface area contributed by atoms with E-state index in [0.29, 0.717) is 38.6 Å². The van der Waals surface area contributed by atoms with E-state index < -0.39 is 5.91 Å². The summed E-state index contributed by atoms with van der Waals surface area (Å²) in [4.78, 5) is 17.0. The van der Waals surface area contributed by atoms with Crippen LogP contribution in [-0.2, 0) is 13.1 Å². The second-order valence-electron chi connectivity index (χ2n) is 7.18. The van der Waals surface area contributed by atoms with Gasteiger partial charge in [0.25, 0.3) is 5.91 Å². The lowest BCUT2D eigenvalue weighted by Gasteiger charge is -2.05. The Morgan fingerprint density at radius 1 is 1.09 bits per heavy atom. The highest BCUT2D eigenvalue weighted by molar-refractivity contribution is 6.42. The maximum Gasteiger partial charge on any atom is 0.280 e. The van der Waals surface area contributed by atoms with E-state index in [1.165, 1.54) is 6.33 Å². The van der Waals surface area contributed by atoms with Crippen molar-refractivity contribution in [1.29, 1.82) is 0 Å². The van der Waals surface area contributed by atoms with E-state index in [1.807, 2.05) is 19.9 Å². The van der Waals surface area contributed by atoms with Crippen LogP contribution in [0.25, 0.3) is 0 Å². The maximum atomic E-state index is 12.8. The smallest absolute Gasteiger partial charge is 0.280 e. The van der Waals surface area contributed by atoms with Gasteiger partial charge < -0.3 is 4.52 Å². The number of nitrogens with one attached hydrogen (secondary N) is 1. The lowest BCUT2D eigenvalue weighted by Crippen LogP contribution is -2.17. The fourth-order valence-electron chi connectivity index (χ4n) is 3.15. The molecule has 4 aromatic rings. The van der Waals surface area contributed by atoms with Crippen molar-refractivity contribution in [2.45, 2.75) is 33.9 Å². The average molecular weight is 495 g/mol. The Morgan fingerprint density at radius 3 is 2.56 bits per heavy atom. The van der Waals surface area contributed by atoms with Crippen LogP contribution in [0.3, 0.4) is 0 Å². The van der Waals surface area contributed by atoms with Gasteiger partial charge in [-0.3, -0.25) is 14.8 Å². The number of aryl methyl sites for hydroxylation is 2. The van der Waals surface area contributed by atoms with E-state index in [1.54, 1.807) is 28.4 Å². The number of hydrogen-bond donors (Lipinski definition) is 1. The summed E-state index contributed by atoms with van der Waals surface area (Å²) in [7, 11) is 0. The predicted molar refractivity (Wildman–Crippen MR) is 121 cm³/mol. The molecule has 9 nitrogen and oxygen atoms in total. The molecule has 0 atom stereocenters. The summed E-state index contributed by atoms with van der Waals surface area (Å²) in [6.07, 6.45) is 1.50. The van der Waals surface area contributed by atoms with Crippen molar-refractivity contribution in [1.82, 2.24) is 29.7 Å². The van der Waals surface area contributed by atoms with Crippen molar-refractivity contribution in [3.8, 4) is 0 Å². The highest BCUT2D eigenvalue weighted by atomic mass is 35.5. The molecular formula is C20H18Cl3N7O2. The van der Waals surface area contributed by atoms with Gasteiger partial charge in [-0.15, -0.1) is 5.10 Å². The Bertz CT molecular complexity index is 1310. The molecule has 3 heterocycles. The first-order valence-corrected chi connectivity index (χ1v) is 10.7. The maximum absolute atomic E-state index is 12.8. The van der Waals surface area contributed by atoms with E-state index in [9.17, 15) is 4.79 Å². The molecule has 1 amide bonds. The number of carbonyl (C=O) groups is 1. The van der Waals surface area contributed by atoms with Gasteiger partial charge >= 0.3 is 0 Å². The number of halogens is 3. The summed E-state index contributed by atoms with van der Waals surface area (Å²) in [6, 6.07) is 5.30. The van der Waals surface area contributed by atoms with Crippen LogP contribution in [0.2, 0.25) is 15.1 Å². The monoisotopic (exact) mass is 493 g/mol. The number of benzene rings is 1. The summed E-state index contributed by atoms with van der Waals surface area (Å²) in [5.41, 5.74) is 3.12. The van der Waals surface area contributed by atoms with E-state index in [4.69, 9.17) is 39.3 Å². The third kappa shape index (κ3) is 4.50. The first-order valence-electron chi connectivity index (χ1n) is 9.52. The number of nitrogens with zero attached hydrogens (tertiary/aromatic N) is 6. The molecule has 0 saturated carbocycles. The summed E-state index contributed by atoms with van der Waals surface area (Å²) < 4.78 is 8.53. The van der Waals surface area contributed by atoms with Crippen LogP contribution in [0.15, 0.2) is 29.0 Å². The number of amides is 1. The average Bonchev–Trinajstić information content (AvgIpc) is 3.41. The minimum absolute atomic E-state index is 0.131. The van der Waals surface area contributed by atoms with Gasteiger partial charge in [0.05, 0.1) is 39.5 Å². The van der Waals surface area contributed by atoms with Crippen LogP contribution in [-0.4, -0.2) is 35.6 Å². The molecule has 0 aliphatic carbocycles. The van der Waals surface area contributed by atoms with Gasteiger partial charge in [-0.05, 0) is 38.5 Å². The number of aromatic nitrogens is 6. The minimum Gasteiger partial charge on any atom is -0.361 e. The van der Waals surface area contributed by atoms with E-state index in [0.717, 1.165) is 11.3 Å². The topological polar surface area (TPSA) is 104 Å². The molecule has 0 fully saturated rings. The SMILES string of the molecule is Cc1nn(Cc2c(C(=O)Nc3ncn(Cc4ccc(Cl)c(Cl)c4)n3)noc2C)c(C)c1Cl. The fraction of sp³-hybridized carbons (Fsp3) is 0.250. The quantitative estimate of drug-likeness (QED) is 0.417. The molecule has 0 aliphatic rings. The van der Waals surface area contributed by atoms with Crippen LogP contribution >= 0.6 is 34.8 Å². The van der Waals surface area contributed by atoms with E-state index in [2.05, 4.69) is 25.7 Å². The molecule has 0 aliphatic heterocycles. The molecule has 1 N–H and O–H groups in total. The number of hydrogen-bond acceptors (Lipinski definition) is 6. The zero-order valence-corrected chi connectivity index (χ0v) is 19.6. The van der Waals surface area contributed by atoms with Crippen molar-refractivity contribution in [2.24, 2.45) is 0 Å². The van der Waals surface area contributed by atoms with E-state index >= 15 is 0 Å². The van der Waals surface area contributed by atoms with Gasteiger partial charge in [0, 0.05) is 5.56 Å². The zero-order chi connectivity index (χ0) is 23.0. The van der Waals surface area contributed by atoms with Crippen LogP contribution < -0.4 is 5.32 Å². The Kier molecular flexibility index (Phi) is 6.23. The lowest BCUT2D eigenvalue weighted by atomic mass is 10.2. The van der Waals surface area contributed by atoms with Crippen molar-refractivity contribution < 1.29 is 9.32 Å². The Hall–Kier alpha value is -2.88. The highest BCUT2D eigenvalue weighted by Crippen LogP contribution is 2.24. The summed E-state index contributed by atoms with van der Waals surface area (Å²) in [5.74, 6) is 0.157. The third-order valence-electron chi connectivity index (χ3n) is 4.89. The predicted octanol–water partition coefficient (Wildman–Crippen LogP) is 4.70. The minimum atomic E-state index is -0.489. The van der Waals surface area contributed by atoms with Gasteiger partial charge in [0.2, 0.25) is 5.95 Å². The van der Waals surface area contributed by atoms with Crippen molar-refractivity contribution in [3.63, 3.8) is 0 Å². The fourth-order valence-corrected chi connectivity index (χ4v) is 3.60. The molecule has 12 heteroatoms. The van der Waals surface area contributed by atoms with Crippen molar-refractivity contribution in [2.75, 3.05) is 5.32 Å². The van der Waals surface area contributed by atoms with Crippen LogP contribution in [0.1, 0.15) is 38.8 Å². The normalized spacial score (nSPS) is 11.2. The number of anilines is 1. The largest absolute Gasteiger partial charge is 0.361 e. The molecule has 1 aromatic carbocycles. The van der Waals surface area contributed by atoms with Gasteiger partial charge in [-0.25, -0.2) is 9.67 Å². The number of rotatable bonds is 6. The Balaban J connectivity index is 1.49. The molecule has 3 aromatic heterocycles. The molecule has 0 bridgehead atoms. The molecule has 0 unspecified atom stereocenters. The van der Waals surface area contributed by atoms with Gasteiger partial charge in [0.1, 0.15) is 12.1 Å². The van der Waals surface area contributed by atoms with Crippen molar-refractivity contribution >= 4 is 46.7 Å². The van der Waals surface area contributed by atoms with Gasteiger partial charge in [-0.2, -0.15) is 5.10 Å². The number of carbonyl (C=O) groups excluding carboxylic acids is 1. The molecule has 0 radical (unpaired) electrons. The Morgan fingerprint density at radius 2 is 1.88 bits per heavy atom. The first-order chi connectivity index (χ1) is 15.2. The molecular weight excluding hydrogens is 477 g/mol. The summed E-state index contributed by atoms with van der Waals surface area (Å²) in [5, 5.41) is 16.8. The van der Waals surface area contributed by atoms with Crippen molar-refractivity contribution in [3.05, 3.63) is 73.6 Å². The van der Waals surface area contributed by atoms with E-state index in [-0.39, 0.29) is 18.2 Å². The molecule has 4 rings (SSSR count). The molecule has 32 heavy (non-hydrogen) atoms. The third-order valence-corrected chi connectivity index (χ3v) is 6.18. The van der Waals surface area contributed by atoms with Crippen LogP contribution in [0.5, 0.6) is 0 Å². The second kappa shape index (κ2) is 8.93. The molecule has 0 spiro atoms. The lowest BCUT2D eigenvalue weighted by molar-refractivity contribution is 0.101. The van der Waals surface area contributed by atoms with Crippen LogP contribution in [0, 0.1) is 20.8 Å². The second-order valence-corrected chi connectivity index (χ2v) is 8.37. The summed E-state index contributed by atoms with van der Waals surface area (Å²) in [6.45, 7) is 6.11. The summed E-state index contributed by atoms with van der Waals surface area (Å²) >= 11 is 18.2. The van der Waals surface area contributed by atoms with Gasteiger partial charge in [-0.1, -0.05) is 46.0 Å². The van der Waals surface area contributed by atoms with Crippen LogP contribution in [0.4, 0.5) is 5.95 Å². The highest BCUT2D eigenvalue weighted by Gasteiger charge is 2.23.